The van der Waals surface area contributed by atoms with E-state index in [2.05, 4.69) is 26.8 Å². The van der Waals surface area contributed by atoms with Gasteiger partial charge in [0.05, 0.1) is 0 Å². The van der Waals surface area contributed by atoms with Crippen LogP contribution < -0.4 is 0 Å². The van der Waals surface area contributed by atoms with E-state index in [4.69, 9.17) is 0 Å². The summed E-state index contributed by atoms with van der Waals surface area (Å²) < 4.78 is 11.7. The van der Waals surface area contributed by atoms with Gasteiger partial charge in [0, 0.05) is 0 Å². The van der Waals surface area contributed by atoms with Gasteiger partial charge in [-0.25, -0.2) is 4.39 Å². The van der Waals surface area contributed by atoms with Crippen molar-refractivity contribution in [3.8, 4) is 0 Å². The molecule has 0 bridgehead atoms. The minimum absolute atomic E-state index is 0.367. The van der Waals surface area contributed by atoms with Gasteiger partial charge in [-0.15, -0.1) is 0 Å². The molecule has 0 fully saturated rings. The van der Waals surface area contributed by atoms with Gasteiger partial charge in [-0.1, -0.05) is 39.0 Å². The maximum Gasteiger partial charge on any atom is 0.108 e. The van der Waals surface area contributed by atoms with E-state index in [0.29, 0.717) is 5.92 Å². The molecule has 0 atom stereocenters. The lowest BCUT2D eigenvalue weighted by Crippen LogP contribution is -1.90. The van der Waals surface area contributed by atoms with Crippen LogP contribution in [0.1, 0.15) is 27.2 Å². The largest absolute Gasteiger partial charge is 0.247 e. The smallest absolute Gasteiger partial charge is 0.108 e. The van der Waals surface area contributed by atoms with Gasteiger partial charge in [0.2, 0.25) is 0 Å². The van der Waals surface area contributed by atoms with Crippen molar-refractivity contribution in [1.29, 1.82) is 0 Å². The van der Waals surface area contributed by atoms with E-state index in [1.165, 1.54) is 5.57 Å². The van der Waals surface area contributed by atoms with E-state index in [0.717, 1.165) is 6.42 Å². The molecule has 0 heterocycles. The predicted molar refractivity (Wildman–Crippen MR) is 48.3 cm³/mol. The molecule has 64 valence electrons. The fourth-order valence-corrected chi connectivity index (χ4v) is 0.913. The summed E-state index contributed by atoms with van der Waals surface area (Å²) in [7, 11) is 0. The maximum absolute atomic E-state index is 11.7. The molecule has 1 heteroatoms. The zero-order valence-corrected chi connectivity index (χ0v) is 7.60. The van der Waals surface area contributed by atoms with Crippen LogP contribution in [0.5, 0.6) is 0 Å². The molecule has 0 aliphatic rings. The summed E-state index contributed by atoms with van der Waals surface area (Å²) in [5.41, 5.74) is 1.23. The third-order valence-corrected chi connectivity index (χ3v) is 1.51. The highest BCUT2D eigenvalue weighted by molar-refractivity contribution is 5.20. The SMILES string of the molecule is CC/C=C(\C=C/CF)C(C)C. The molecular formula is C10H17F. The highest BCUT2D eigenvalue weighted by Crippen LogP contribution is 2.11. The fraction of sp³-hybridized carbons (Fsp3) is 0.600. The van der Waals surface area contributed by atoms with Crippen molar-refractivity contribution >= 4 is 0 Å². The highest BCUT2D eigenvalue weighted by atomic mass is 19.1. The molecule has 0 nitrogen and oxygen atoms in total. The Morgan fingerprint density at radius 2 is 2.09 bits per heavy atom. The molecule has 11 heavy (non-hydrogen) atoms. The Labute approximate surface area is 68.8 Å². The molecule has 0 aromatic heterocycles. The second kappa shape index (κ2) is 6.14. The number of allylic oxidation sites excluding steroid dienone is 4. The van der Waals surface area contributed by atoms with Crippen LogP contribution in [-0.2, 0) is 0 Å². The number of rotatable bonds is 4. The summed E-state index contributed by atoms with van der Waals surface area (Å²) in [6.07, 6.45) is 6.58. The van der Waals surface area contributed by atoms with E-state index < -0.39 is 0 Å². The van der Waals surface area contributed by atoms with Crippen molar-refractivity contribution in [3.05, 3.63) is 23.8 Å². The van der Waals surface area contributed by atoms with E-state index in [1.54, 1.807) is 6.08 Å². The normalized spacial score (nSPS) is 13.4. The van der Waals surface area contributed by atoms with E-state index in [1.807, 2.05) is 6.08 Å². The summed E-state index contributed by atoms with van der Waals surface area (Å²) in [4.78, 5) is 0. The molecule has 0 N–H and O–H groups in total. The lowest BCUT2D eigenvalue weighted by atomic mass is 10.0. The van der Waals surface area contributed by atoms with Crippen molar-refractivity contribution in [1.82, 2.24) is 0 Å². The van der Waals surface area contributed by atoms with E-state index in [9.17, 15) is 4.39 Å². The van der Waals surface area contributed by atoms with Crippen molar-refractivity contribution in [2.75, 3.05) is 6.67 Å². The van der Waals surface area contributed by atoms with E-state index >= 15 is 0 Å². The summed E-state index contributed by atoms with van der Waals surface area (Å²) in [6.45, 7) is 5.95. The summed E-state index contributed by atoms with van der Waals surface area (Å²) in [5.74, 6) is 0.498. The van der Waals surface area contributed by atoms with Crippen LogP contribution in [-0.4, -0.2) is 6.67 Å². The van der Waals surface area contributed by atoms with Crippen molar-refractivity contribution in [2.45, 2.75) is 27.2 Å². The summed E-state index contributed by atoms with van der Waals surface area (Å²) >= 11 is 0. The van der Waals surface area contributed by atoms with Gasteiger partial charge in [0.25, 0.3) is 0 Å². The van der Waals surface area contributed by atoms with Gasteiger partial charge >= 0.3 is 0 Å². The Morgan fingerprint density at radius 3 is 2.45 bits per heavy atom. The van der Waals surface area contributed by atoms with Crippen LogP contribution in [0.4, 0.5) is 4.39 Å². The first-order chi connectivity index (χ1) is 5.22. The Bertz CT molecular complexity index is 143. The van der Waals surface area contributed by atoms with Crippen LogP contribution in [0.2, 0.25) is 0 Å². The average molecular weight is 156 g/mol. The number of hydrogen-bond acceptors (Lipinski definition) is 0. The zero-order valence-electron chi connectivity index (χ0n) is 7.60. The molecule has 0 aromatic carbocycles. The van der Waals surface area contributed by atoms with Gasteiger partial charge in [-0.05, 0) is 17.9 Å². The van der Waals surface area contributed by atoms with Crippen molar-refractivity contribution in [2.24, 2.45) is 5.92 Å². The molecule has 0 unspecified atom stereocenters. The average Bonchev–Trinajstić information content (AvgIpc) is 1.97. The molecule has 0 aliphatic carbocycles. The van der Waals surface area contributed by atoms with Crippen LogP contribution in [0, 0.1) is 5.92 Å². The predicted octanol–water partition coefficient (Wildman–Crippen LogP) is 3.50. The third kappa shape index (κ3) is 4.77. The Hall–Kier alpha value is -0.590. The van der Waals surface area contributed by atoms with Gasteiger partial charge in [-0.3, -0.25) is 0 Å². The molecule has 0 spiro atoms. The molecule has 0 amide bonds. The lowest BCUT2D eigenvalue weighted by Gasteiger charge is -2.04. The Kier molecular flexibility index (Phi) is 5.81. The minimum atomic E-state index is -0.367. The number of halogens is 1. The second-order valence-corrected chi connectivity index (χ2v) is 2.82. The highest BCUT2D eigenvalue weighted by Gasteiger charge is 1.96. The first kappa shape index (κ1) is 10.4. The number of hydrogen-bond donors (Lipinski definition) is 0. The molecule has 0 saturated heterocycles. The Balaban J connectivity index is 4.11. The first-order valence-corrected chi connectivity index (χ1v) is 4.14. The maximum atomic E-state index is 11.7. The topological polar surface area (TPSA) is 0 Å². The van der Waals surface area contributed by atoms with Crippen molar-refractivity contribution in [3.63, 3.8) is 0 Å². The van der Waals surface area contributed by atoms with Gasteiger partial charge in [-0.2, -0.15) is 0 Å². The fourth-order valence-electron chi connectivity index (χ4n) is 0.913. The van der Waals surface area contributed by atoms with Gasteiger partial charge in [0.1, 0.15) is 6.67 Å². The van der Waals surface area contributed by atoms with Gasteiger partial charge in [0.15, 0.2) is 0 Å². The van der Waals surface area contributed by atoms with Gasteiger partial charge < -0.3 is 0 Å². The molecule has 0 aliphatic heterocycles. The third-order valence-electron chi connectivity index (χ3n) is 1.51. The lowest BCUT2D eigenvalue weighted by molar-refractivity contribution is 0.561. The van der Waals surface area contributed by atoms with Crippen LogP contribution >= 0.6 is 0 Å². The number of alkyl halides is 1. The second-order valence-electron chi connectivity index (χ2n) is 2.82. The van der Waals surface area contributed by atoms with Crippen molar-refractivity contribution < 1.29 is 4.39 Å². The minimum Gasteiger partial charge on any atom is -0.247 e. The standard InChI is InChI=1S/C10H17F/c1-4-6-10(9(2)3)7-5-8-11/h5-7,9H,4,8H2,1-3H3/b7-5-,10-6+. The molecular weight excluding hydrogens is 139 g/mol. The van der Waals surface area contributed by atoms with Crippen LogP contribution in [0.3, 0.4) is 0 Å². The first-order valence-electron chi connectivity index (χ1n) is 4.14. The molecule has 0 saturated carbocycles. The van der Waals surface area contributed by atoms with E-state index in [-0.39, 0.29) is 6.67 Å². The molecule has 0 radical (unpaired) electrons. The Morgan fingerprint density at radius 1 is 1.45 bits per heavy atom. The molecule has 0 rings (SSSR count). The monoisotopic (exact) mass is 156 g/mol. The summed E-state index contributed by atoms with van der Waals surface area (Å²) in [5, 5.41) is 0. The summed E-state index contributed by atoms with van der Waals surface area (Å²) in [6, 6.07) is 0. The van der Waals surface area contributed by atoms with Crippen LogP contribution in [0.25, 0.3) is 0 Å². The quantitative estimate of drug-likeness (QED) is 0.546. The zero-order chi connectivity index (χ0) is 8.69. The van der Waals surface area contributed by atoms with Crippen LogP contribution in [0.15, 0.2) is 23.8 Å². The molecule has 0 aromatic rings.